The van der Waals surface area contributed by atoms with Gasteiger partial charge in [-0.25, -0.2) is 0 Å². The van der Waals surface area contributed by atoms with Crippen LogP contribution in [0.4, 0.5) is 0 Å². The molecule has 0 bridgehead atoms. The fourth-order valence-electron chi connectivity index (χ4n) is 4.01. The van der Waals surface area contributed by atoms with Gasteiger partial charge in [0.1, 0.15) is 0 Å². The van der Waals surface area contributed by atoms with Crippen molar-refractivity contribution < 1.29 is 9.59 Å². The summed E-state index contributed by atoms with van der Waals surface area (Å²) in [5.74, 6) is 0.175. The number of H-pyrrole nitrogens is 1. The summed E-state index contributed by atoms with van der Waals surface area (Å²) in [5, 5.41) is 9.18. The molecule has 0 aliphatic carbocycles. The number of nitrogens with zero attached hydrogens (tertiary/aromatic N) is 3. The molecule has 2 aliphatic rings. The molecule has 1 unspecified atom stereocenters. The Hall–Kier alpha value is -2.15. The Morgan fingerprint density at radius 1 is 1.19 bits per heavy atom. The maximum atomic E-state index is 12.9. The van der Waals surface area contributed by atoms with Gasteiger partial charge < -0.3 is 9.80 Å². The lowest BCUT2D eigenvalue weighted by molar-refractivity contribution is -0.134. The summed E-state index contributed by atoms with van der Waals surface area (Å²) in [6.07, 6.45) is 7.13. The molecule has 2 amide bonds. The van der Waals surface area contributed by atoms with E-state index in [1.165, 1.54) is 0 Å². The molecule has 2 fully saturated rings. The second kappa shape index (κ2) is 7.61. The molecule has 2 aromatic rings. The first-order valence-electron chi connectivity index (χ1n) is 9.38. The van der Waals surface area contributed by atoms with Crippen LogP contribution in [0.1, 0.15) is 59.1 Å². The largest absolute Gasteiger partial charge is 0.339 e. The molecule has 4 rings (SSSR count). The lowest BCUT2D eigenvalue weighted by Gasteiger charge is -2.35. The number of thiophene rings is 1. The average molecular weight is 372 g/mol. The Morgan fingerprint density at radius 3 is 2.77 bits per heavy atom. The number of aromatic amines is 1. The third-order valence-electron chi connectivity index (χ3n) is 5.35. The molecule has 138 valence electrons. The number of piperidine rings is 1. The second-order valence-corrected chi connectivity index (χ2v) is 8.08. The average Bonchev–Trinajstić information content (AvgIpc) is 3.42. The van der Waals surface area contributed by atoms with Gasteiger partial charge in [-0.05, 0) is 43.6 Å². The topological polar surface area (TPSA) is 69.3 Å². The van der Waals surface area contributed by atoms with Crippen LogP contribution in [0.5, 0.6) is 0 Å². The van der Waals surface area contributed by atoms with Gasteiger partial charge in [-0.15, -0.1) is 11.3 Å². The molecule has 0 aromatic carbocycles. The molecular weight excluding hydrogens is 348 g/mol. The molecule has 0 saturated carbocycles. The Labute approximate surface area is 157 Å². The van der Waals surface area contributed by atoms with Crippen LogP contribution in [0.15, 0.2) is 23.7 Å². The van der Waals surface area contributed by atoms with Crippen molar-refractivity contribution in [3.8, 4) is 0 Å². The fourth-order valence-corrected chi connectivity index (χ4v) is 4.70. The molecule has 2 saturated heterocycles. The summed E-state index contributed by atoms with van der Waals surface area (Å²) in [5.41, 5.74) is 1.44. The normalized spacial score (nSPS) is 20.5. The zero-order chi connectivity index (χ0) is 17.9. The molecule has 1 N–H and O–H groups in total. The molecular formula is C19H24N4O2S. The number of amides is 2. The number of hydrogen-bond acceptors (Lipinski definition) is 4. The molecule has 7 heteroatoms. The molecule has 0 radical (unpaired) electrons. The molecule has 2 aromatic heterocycles. The van der Waals surface area contributed by atoms with Crippen LogP contribution >= 0.6 is 11.3 Å². The van der Waals surface area contributed by atoms with Crippen LogP contribution in [0.3, 0.4) is 0 Å². The molecule has 6 nitrogen and oxygen atoms in total. The number of carbonyl (C=O) groups is 2. The first-order valence-corrected chi connectivity index (χ1v) is 10.3. The quantitative estimate of drug-likeness (QED) is 0.897. The maximum Gasteiger partial charge on any atom is 0.257 e. The van der Waals surface area contributed by atoms with Crippen LogP contribution in [-0.2, 0) is 11.2 Å². The van der Waals surface area contributed by atoms with E-state index in [1.54, 1.807) is 17.5 Å². The first kappa shape index (κ1) is 17.3. The molecule has 0 spiro atoms. The van der Waals surface area contributed by atoms with Crippen molar-refractivity contribution >= 4 is 23.2 Å². The molecule has 26 heavy (non-hydrogen) atoms. The van der Waals surface area contributed by atoms with Crippen molar-refractivity contribution in [2.24, 2.45) is 0 Å². The SMILES string of the molecule is O=C(c1cn[nH]c1C1CCCCN1C(=O)Cc1cccs1)N1CCCC1. The second-order valence-electron chi connectivity index (χ2n) is 7.05. The van der Waals surface area contributed by atoms with Crippen molar-refractivity contribution in [2.45, 2.75) is 44.6 Å². The summed E-state index contributed by atoms with van der Waals surface area (Å²) in [4.78, 5) is 30.7. The first-order chi connectivity index (χ1) is 12.7. The standard InChI is InChI=1S/C19H24N4O2S/c24-17(12-14-6-5-11-26-14)23-10-2-1-7-16(23)18-15(13-20-21-18)19(25)22-8-3-4-9-22/h5-6,11,13,16H,1-4,7-10,12H2,(H,20,21). The maximum absolute atomic E-state index is 12.9. The molecule has 1 atom stereocenters. The van der Waals surface area contributed by atoms with Crippen molar-refractivity contribution in [1.82, 2.24) is 20.0 Å². The van der Waals surface area contributed by atoms with E-state index in [1.807, 2.05) is 27.3 Å². The number of likely N-dealkylation sites (tertiary alicyclic amines) is 2. The Bertz CT molecular complexity index is 764. The van der Waals surface area contributed by atoms with Gasteiger partial charge in [0.25, 0.3) is 5.91 Å². The van der Waals surface area contributed by atoms with Crippen molar-refractivity contribution in [1.29, 1.82) is 0 Å². The predicted molar refractivity (Wildman–Crippen MR) is 100 cm³/mol. The highest BCUT2D eigenvalue weighted by atomic mass is 32.1. The number of rotatable bonds is 4. The Kier molecular flexibility index (Phi) is 5.06. The highest BCUT2D eigenvalue weighted by Gasteiger charge is 2.33. The minimum Gasteiger partial charge on any atom is -0.339 e. The summed E-state index contributed by atoms with van der Waals surface area (Å²) in [7, 11) is 0. The minimum absolute atomic E-state index is 0.0440. The van der Waals surface area contributed by atoms with Crippen LogP contribution in [0.2, 0.25) is 0 Å². The van der Waals surface area contributed by atoms with Crippen molar-refractivity contribution in [3.05, 3.63) is 39.8 Å². The van der Waals surface area contributed by atoms with Crippen LogP contribution < -0.4 is 0 Å². The number of aromatic nitrogens is 2. The van der Waals surface area contributed by atoms with Gasteiger partial charge in [0.2, 0.25) is 5.91 Å². The van der Waals surface area contributed by atoms with E-state index in [4.69, 9.17) is 0 Å². The van der Waals surface area contributed by atoms with Crippen molar-refractivity contribution in [3.63, 3.8) is 0 Å². The van der Waals surface area contributed by atoms with Gasteiger partial charge in [0.05, 0.1) is 29.9 Å². The third-order valence-corrected chi connectivity index (χ3v) is 6.23. The van der Waals surface area contributed by atoms with Gasteiger partial charge in [-0.3, -0.25) is 14.7 Å². The van der Waals surface area contributed by atoms with E-state index in [9.17, 15) is 9.59 Å². The highest BCUT2D eigenvalue weighted by molar-refractivity contribution is 7.10. The van der Waals surface area contributed by atoms with E-state index in [0.29, 0.717) is 12.0 Å². The lowest BCUT2D eigenvalue weighted by Crippen LogP contribution is -2.40. The number of nitrogens with one attached hydrogen (secondary N) is 1. The van der Waals surface area contributed by atoms with E-state index < -0.39 is 0 Å². The fraction of sp³-hybridized carbons (Fsp3) is 0.526. The summed E-state index contributed by atoms with van der Waals surface area (Å²) >= 11 is 1.61. The monoisotopic (exact) mass is 372 g/mol. The lowest BCUT2D eigenvalue weighted by atomic mass is 9.96. The Balaban J connectivity index is 1.56. The summed E-state index contributed by atoms with van der Waals surface area (Å²) in [6, 6.07) is 3.89. The summed E-state index contributed by atoms with van der Waals surface area (Å²) in [6.45, 7) is 2.37. The summed E-state index contributed by atoms with van der Waals surface area (Å²) < 4.78 is 0. The van der Waals surface area contributed by atoms with Gasteiger partial charge in [0, 0.05) is 24.5 Å². The number of hydrogen-bond donors (Lipinski definition) is 1. The third kappa shape index (κ3) is 3.40. The minimum atomic E-state index is -0.0831. The zero-order valence-electron chi connectivity index (χ0n) is 14.8. The smallest absolute Gasteiger partial charge is 0.257 e. The van der Waals surface area contributed by atoms with E-state index in [2.05, 4.69) is 10.2 Å². The number of carbonyl (C=O) groups excluding carboxylic acids is 2. The zero-order valence-corrected chi connectivity index (χ0v) is 15.6. The molecule has 2 aliphatic heterocycles. The van der Waals surface area contributed by atoms with Gasteiger partial charge in [-0.1, -0.05) is 6.07 Å². The van der Waals surface area contributed by atoms with Gasteiger partial charge in [-0.2, -0.15) is 5.10 Å². The predicted octanol–water partition coefficient (Wildman–Crippen LogP) is 3.00. The van der Waals surface area contributed by atoms with Crippen LogP contribution in [0, 0.1) is 0 Å². The Morgan fingerprint density at radius 2 is 2.00 bits per heavy atom. The van der Waals surface area contributed by atoms with Crippen molar-refractivity contribution in [2.75, 3.05) is 19.6 Å². The van der Waals surface area contributed by atoms with E-state index >= 15 is 0 Å². The van der Waals surface area contributed by atoms with Gasteiger partial charge in [0.15, 0.2) is 0 Å². The van der Waals surface area contributed by atoms with Gasteiger partial charge >= 0.3 is 0 Å². The van der Waals surface area contributed by atoms with Crippen LogP contribution in [0.25, 0.3) is 0 Å². The molecule has 4 heterocycles. The van der Waals surface area contributed by atoms with Crippen LogP contribution in [-0.4, -0.2) is 51.4 Å². The highest BCUT2D eigenvalue weighted by Crippen LogP contribution is 2.33. The van der Waals surface area contributed by atoms with E-state index in [-0.39, 0.29) is 17.9 Å². The van der Waals surface area contributed by atoms with E-state index in [0.717, 1.165) is 62.3 Å².